The number of amides is 3. The molecule has 0 saturated carbocycles. The van der Waals surface area contributed by atoms with Gasteiger partial charge in [-0.25, -0.2) is 0 Å². The Kier molecular flexibility index (Phi) is 6.55. The maximum Gasteiger partial charge on any atom is 0.248 e. The molecule has 3 amide bonds. The molecule has 35 heavy (non-hydrogen) atoms. The number of anilines is 2. The van der Waals surface area contributed by atoms with Gasteiger partial charge in [-0.1, -0.05) is 36.7 Å². The van der Waals surface area contributed by atoms with E-state index in [1.807, 2.05) is 30.3 Å². The van der Waals surface area contributed by atoms with Crippen LogP contribution in [0.5, 0.6) is 0 Å². The van der Waals surface area contributed by atoms with E-state index < -0.39 is 22.6 Å². The molecule has 2 aromatic rings. The molecule has 3 aliphatic rings. The molecule has 0 radical (unpaired) electrons. The van der Waals surface area contributed by atoms with Crippen LogP contribution in [0.25, 0.3) is 0 Å². The average Bonchev–Trinajstić information content (AvgIpc) is 3.43. The highest BCUT2D eigenvalue weighted by Crippen LogP contribution is 2.68. The lowest BCUT2D eigenvalue weighted by molar-refractivity contribution is -0.138. The van der Waals surface area contributed by atoms with Gasteiger partial charge in [-0.05, 0) is 55.2 Å². The number of nitrogens with one attached hydrogen (secondary N) is 2. The quantitative estimate of drug-likeness (QED) is 0.525. The molecule has 3 saturated heterocycles. The summed E-state index contributed by atoms with van der Waals surface area (Å²) < 4.78 is -0.702. The van der Waals surface area contributed by atoms with E-state index in [9.17, 15) is 19.5 Å². The van der Waals surface area contributed by atoms with E-state index in [1.54, 1.807) is 40.9 Å². The van der Waals surface area contributed by atoms with Gasteiger partial charge in [0.15, 0.2) is 0 Å². The van der Waals surface area contributed by atoms with Crippen molar-refractivity contribution in [3.8, 4) is 0 Å². The Balaban J connectivity index is 1.48. The van der Waals surface area contributed by atoms with Crippen molar-refractivity contribution in [1.29, 1.82) is 0 Å². The lowest BCUT2D eigenvalue weighted by Gasteiger charge is -2.38. The summed E-state index contributed by atoms with van der Waals surface area (Å²) in [5, 5.41) is 15.9. The van der Waals surface area contributed by atoms with Gasteiger partial charge >= 0.3 is 0 Å². The fraction of sp³-hybridized carbons (Fsp3) is 0.423. The number of halogens is 1. The Morgan fingerprint density at radius 1 is 1.09 bits per heavy atom. The zero-order chi connectivity index (χ0) is 24.7. The SMILES string of the molecule is CC1C[C@H]2SC13C(C(=O)Nc1ccc(Cl)cc1)N(CCCO)C(=O)[C@@H]3[C@H]2C(=O)Nc1ccccc1. The molecule has 184 valence electrons. The Hall–Kier alpha value is -2.55. The number of para-hydroxylation sites is 1. The molecule has 0 aliphatic carbocycles. The predicted octanol–water partition coefficient (Wildman–Crippen LogP) is 3.64. The van der Waals surface area contributed by atoms with E-state index in [2.05, 4.69) is 17.6 Å². The second-order valence-electron chi connectivity index (χ2n) is 9.51. The zero-order valence-corrected chi connectivity index (χ0v) is 20.9. The molecule has 7 nitrogen and oxygen atoms in total. The lowest BCUT2D eigenvalue weighted by atomic mass is 9.66. The van der Waals surface area contributed by atoms with Crippen LogP contribution in [0.4, 0.5) is 11.4 Å². The van der Waals surface area contributed by atoms with Crippen molar-refractivity contribution in [3.05, 3.63) is 59.6 Å². The Labute approximate surface area is 213 Å². The number of likely N-dealkylation sites (tertiary alicyclic amines) is 1. The van der Waals surface area contributed by atoms with Crippen LogP contribution in [0.1, 0.15) is 19.8 Å². The van der Waals surface area contributed by atoms with E-state index in [1.165, 1.54) is 0 Å². The molecule has 3 fully saturated rings. The van der Waals surface area contributed by atoms with Crippen molar-refractivity contribution in [1.82, 2.24) is 4.90 Å². The summed E-state index contributed by atoms with van der Waals surface area (Å²) in [7, 11) is 0. The first-order valence-corrected chi connectivity index (χ1v) is 13.1. The highest BCUT2D eigenvalue weighted by atomic mass is 35.5. The van der Waals surface area contributed by atoms with Crippen molar-refractivity contribution in [2.45, 2.75) is 35.8 Å². The molecule has 0 aromatic heterocycles. The molecule has 3 aliphatic heterocycles. The molecular formula is C26H28ClN3O4S. The Morgan fingerprint density at radius 2 is 1.74 bits per heavy atom. The number of fused-ring (bicyclic) bond motifs is 1. The number of hydrogen-bond donors (Lipinski definition) is 3. The van der Waals surface area contributed by atoms with Gasteiger partial charge in [0.05, 0.1) is 16.6 Å². The number of rotatable bonds is 7. The molecule has 3 heterocycles. The second-order valence-corrected chi connectivity index (χ2v) is 11.5. The molecule has 3 unspecified atom stereocenters. The molecule has 2 aromatic carbocycles. The number of hydrogen-bond acceptors (Lipinski definition) is 5. The van der Waals surface area contributed by atoms with Crippen molar-refractivity contribution in [3.63, 3.8) is 0 Å². The maximum atomic E-state index is 13.9. The summed E-state index contributed by atoms with van der Waals surface area (Å²) >= 11 is 7.62. The number of aliphatic hydroxyl groups is 1. The minimum Gasteiger partial charge on any atom is -0.396 e. The van der Waals surface area contributed by atoms with E-state index in [0.717, 1.165) is 6.42 Å². The second kappa shape index (κ2) is 9.48. The number of aliphatic hydroxyl groups excluding tert-OH is 1. The van der Waals surface area contributed by atoms with Gasteiger partial charge in [0.2, 0.25) is 17.7 Å². The summed E-state index contributed by atoms with van der Waals surface area (Å²) in [4.78, 5) is 42.7. The highest BCUT2D eigenvalue weighted by molar-refractivity contribution is 8.02. The third kappa shape index (κ3) is 4.01. The van der Waals surface area contributed by atoms with E-state index in [4.69, 9.17) is 11.6 Å². The monoisotopic (exact) mass is 513 g/mol. The van der Waals surface area contributed by atoms with E-state index in [-0.39, 0.29) is 42.0 Å². The summed E-state index contributed by atoms with van der Waals surface area (Å²) in [5.74, 6) is -1.66. The fourth-order valence-electron chi connectivity index (χ4n) is 6.09. The van der Waals surface area contributed by atoms with Crippen LogP contribution in [-0.4, -0.2) is 56.9 Å². The van der Waals surface area contributed by atoms with Crippen molar-refractivity contribution < 1.29 is 19.5 Å². The molecule has 2 bridgehead atoms. The first kappa shape index (κ1) is 24.2. The summed E-state index contributed by atoms with van der Waals surface area (Å²) in [5.41, 5.74) is 1.28. The number of carbonyl (C=O) groups is 3. The topological polar surface area (TPSA) is 98.7 Å². The van der Waals surface area contributed by atoms with Gasteiger partial charge in [-0.15, -0.1) is 11.8 Å². The number of nitrogens with zero attached hydrogens (tertiary/aromatic N) is 1. The molecule has 3 N–H and O–H groups in total. The van der Waals surface area contributed by atoms with Crippen molar-refractivity contribution in [2.75, 3.05) is 23.8 Å². The molecule has 1 spiro atoms. The minimum atomic E-state index is -0.734. The summed E-state index contributed by atoms with van der Waals surface area (Å²) in [6.07, 6.45) is 1.13. The maximum absolute atomic E-state index is 13.9. The third-order valence-electron chi connectivity index (χ3n) is 7.51. The first-order chi connectivity index (χ1) is 16.9. The normalized spacial score (nSPS) is 30.9. The smallest absolute Gasteiger partial charge is 0.248 e. The van der Waals surface area contributed by atoms with Crippen LogP contribution in [-0.2, 0) is 14.4 Å². The predicted molar refractivity (Wildman–Crippen MR) is 137 cm³/mol. The van der Waals surface area contributed by atoms with Crippen LogP contribution in [0.2, 0.25) is 5.02 Å². The van der Waals surface area contributed by atoms with Gasteiger partial charge in [0.1, 0.15) is 6.04 Å². The lowest BCUT2D eigenvalue weighted by Crippen LogP contribution is -2.54. The number of carbonyl (C=O) groups excluding carboxylic acids is 3. The van der Waals surface area contributed by atoms with Crippen molar-refractivity contribution >= 4 is 52.5 Å². The van der Waals surface area contributed by atoms with E-state index in [0.29, 0.717) is 22.8 Å². The van der Waals surface area contributed by atoms with Crippen LogP contribution in [0.15, 0.2) is 54.6 Å². The van der Waals surface area contributed by atoms with Gasteiger partial charge in [0.25, 0.3) is 0 Å². The number of benzene rings is 2. The van der Waals surface area contributed by atoms with Gasteiger partial charge in [-0.3, -0.25) is 14.4 Å². The third-order valence-corrected chi connectivity index (χ3v) is 9.84. The minimum absolute atomic E-state index is 0.0338. The Morgan fingerprint density at radius 3 is 2.43 bits per heavy atom. The molecule has 6 atom stereocenters. The van der Waals surface area contributed by atoms with Crippen LogP contribution in [0.3, 0.4) is 0 Å². The van der Waals surface area contributed by atoms with Crippen LogP contribution < -0.4 is 10.6 Å². The molecule has 9 heteroatoms. The van der Waals surface area contributed by atoms with Gasteiger partial charge < -0.3 is 20.6 Å². The molecule has 5 rings (SSSR count). The average molecular weight is 514 g/mol. The molecular weight excluding hydrogens is 486 g/mol. The largest absolute Gasteiger partial charge is 0.396 e. The van der Waals surface area contributed by atoms with Gasteiger partial charge in [-0.2, -0.15) is 0 Å². The fourth-order valence-corrected chi connectivity index (χ4v) is 8.64. The van der Waals surface area contributed by atoms with Crippen LogP contribution in [0, 0.1) is 17.8 Å². The first-order valence-electron chi connectivity index (χ1n) is 11.9. The standard InChI is InChI=1S/C26H28ClN3O4S/c1-15-14-19-20(23(32)28-17-6-3-2-4-7-17)21-25(34)30(12-5-13-31)22(26(15,21)35-19)24(33)29-18-10-8-16(27)9-11-18/h2-4,6-11,15,19-22,31H,5,12-14H2,1H3,(H,28,32)(H,29,33)/t15?,19-,20+,21+,22?,26?/m1/s1. The van der Waals surface area contributed by atoms with Gasteiger partial charge in [0, 0.05) is 34.8 Å². The number of thioether (sulfide) groups is 1. The summed E-state index contributed by atoms with van der Waals surface area (Å²) in [6, 6.07) is 15.3. The Bertz CT molecular complexity index is 1130. The summed E-state index contributed by atoms with van der Waals surface area (Å²) in [6.45, 7) is 2.25. The van der Waals surface area contributed by atoms with Crippen LogP contribution >= 0.6 is 23.4 Å². The van der Waals surface area contributed by atoms with Crippen molar-refractivity contribution in [2.24, 2.45) is 17.8 Å². The van der Waals surface area contributed by atoms with E-state index >= 15 is 0 Å². The highest BCUT2D eigenvalue weighted by Gasteiger charge is 2.75. The zero-order valence-electron chi connectivity index (χ0n) is 19.3.